The SMILES string of the molecule is C[C@H]1C[C@H](NC(=O)c2ccc(N3CCC(CN4Cc5cc6c(cc5C4)C(=O)N(C4CCC(=O)NC4=O)C6=O)CC3)cc2)CN1c1ccc(C#N)c(Cl)c1. The molecule has 3 aromatic carbocycles. The van der Waals surface area contributed by atoms with Gasteiger partial charge in [0.2, 0.25) is 11.8 Å². The number of rotatable bonds is 7. The van der Waals surface area contributed by atoms with E-state index in [-0.39, 0.29) is 36.7 Å². The average molecular weight is 734 g/mol. The minimum atomic E-state index is -0.962. The Labute approximate surface area is 312 Å². The highest BCUT2D eigenvalue weighted by Gasteiger charge is 2.45. The smallest absolute Gasteiger partial charge is 0.262 e. The van der Waals surface area contributed by atoms with E-state index in [1.807, 2.05) is 48.5 Å². The maximum absolute atomic E-state index is 13.3. The number of carbonyl (C=O) groups excluding carboxylic acids is 5. The van der Waals surface area contributed by atoms with Crippen molar-refractivity contribution >= 4 is 52.5 Å². The summed E-state index contributed by atoms with van der Waals surface area (Å²) in [6.45, 7) is 6.95. The van der Waals surface area contributed by atoms with Crippen LogP contribution in [0.1, 0.15) is 86.8 Å². The van der Waals surface area contributed by atoms with Crippen LogP contribution in [-0.2, 0) is 22.7 Å². The van der Waals surface area contributed by atoms with Gasteiger partial charge in [-0.25, -0.2) is 0 Å². The van der Waals surface area contributed by atoms with E-state index < -0.39 is 23.8 Å². The molecule has 2 N–H and O–H groups in total. The molecule has 0 bridgehead atoms. The standard InChI is InChI=1S/C40H40ClN7O5/c1-23-14-29(22-47(23)31-7-4-26(18-42)34(41)17-31)43-37(50)25-2-5-30(6-3-25)46-12-10-24(11-13-46)19-45-20-27-15-32-33(16-28(27)21-45)40(53)48(39(32)52)35-8-9-36(49)44-38(35)51/h2-7,15-17,23-24,29,35H,8-14,19-22H2,1H3,(H,43,50)(H,44,49,51)/t23-,29-,35?/m0/s1. The summed E-state index contributed by atoms with van der Waals surface area (Å²) in [5, 5.41) is 15.1. The highest BCUT2D eigenvalue weighted by atomic mass is 35.5. The number of fused-ring (bicyclic) bond motifs is 2. The Balaban J connectivity index is 0.813. The Morgan fingerprint density at radius 3 is 2.21 bits per heavy atom. The van der Waals surface area contributed by atoms with Crippen molar-refractivity contribution < 1.29 is 24.0 Å². The molecule has 5 aliphatic rings. The summed E-state index contributed by atoms with van der Waals surface area (Å²) in [4.78, 5) is 71.8. The quantitative estimate of drug-likeness (QED) is 0.341. The van der Waals surface area contributed by atoms with Crippen LogP contribution in [0.15, 0.2) is 54.6 Å². The first kappa shape index (κ1) is 34.8. The van der Waals surface area contributed by atoms with Crippen molar-refractivity contribution in [3.8, 4) is 6.07 Å². The lowest BCUT2D eigenvalue weighted by Crippen LogP contribution is -2.54. The van der Waals surface area contributed by atoms with Crippen LogP contribution in [0, 0.1) is 17.2 Å². The lowest BCUT2D eigenvalue weighted by molar-refractivity contribution is -0.136. The van der Waals surface area contributed by atoms with E-state index >= 15 is 0 Å². The fourth-order valence-corrected chi connectivity index (χ4v) is 8.88. The van der Waals surface area contributed by atoms with E-state index in [1.165, 1.54) is 0 Å². The van der Waals surface area contributed by atoms with Gasteiger partial charge in [0.05, 0.1) is 21.7 Å². The molecule has 3 atom stereocenters. The molecule has 8 rings (SSSR count). The zero-order valence-electron chi connectivity index (χ0n) is 29.4. The summed E-state index contributed by atoms with van der Waals surface area (Å²) in [5.41, 5.74) is 5.86. The van der Waals surface area contributed by atoms with Gasteiger partial charge in [0, 0.05) is 74.7 Å². The third kappa shape index (κ3) is 6.64. The summed E-state index contributed by atoms with van der Waals surface area (Å²) in [6, 6.07) is 18.3. The maximum Gasteiger partial charge on any atom is 0.262 e. The molecule has 5 amide bonds. The van der Waals surface area contributed by atoms with Gasteiger partial charge in [0.25, 0.3) is 17.7 Å². The van der Waals surface area contributed by atoms with Crippen LogP contribution in [0.5, 0.6) is 0 Å². The van der Waals surface area contributed by atoms with Crippen LogP contribution in [-0.4, -0.2) is 83.6 Å². The monoisotopic (exact) mass is 733 g/mol. The lowest BCUT2D eigenvalue weighted by atomic mass is 9.95. The topological polar surface area (TPSA) is 146 Å². The Kier molecular flexibility index (Phi) is 9.16. The fourth-order valence-electron chi connectivity index (χ4n) is 8.67. The molecule has 5 heterocycles. The van der Waals surface area contributed by atoms with Gasteiger partial charge in [-0.2, -0.15) is 5.26 Å². The van der Waals surface area contributed by atoms with Gasteiger partial charge in [0.1, 0.15) is 12.1 Å². The van der Waals surface area contributed by atoms with Crippen LogP contribution >= 0.6 is 11.6 Å². The largest absolute Gasteiger partial charge is 0.372 e. The molecule has 0 aromatic heterocycles. The molecule has 13 heteroatoms. The maximum atomic E-state index is 13.3. The Morgan fingerprint density at radius 1 is 0.925 bits per heavy atom. The second-order valence-electron chi connectivity index (χ2n) is 14.9. The normalized spacial score (nSPS) is 23.3. The van der Waals surface area contributed by atoms with Crippen molar-refractivity contribution in [1.82, 2.24) is 20.4 Å². The van der Waals surface area contributed by atoms with E-state index in [2.05, 4.69) is 38.3 Å². The molecule has 0 spiro atoms. The second kappa shape index (κ2) is 14.0. The molecule has 53 heavy (non-hydrogen) atoms. The second-order valence-corrected chi connectivity index (χ2v) is 15.4. The molecule has 0 aliphatic carbocycles. The summed E-state index contributed by atoms with van der Waals surface area (Å²) in [6.07, 6.45) is 3.12. The molecule has 272 valence electrons. The van der Waals surface area contributed by atoms with Crippen LogP contribution in [0.2, 0.25) is 5.02 Å². The van der Waals surface area contributed by atoms with Gasteiger partial charge in [-0.1, -0.05) is 11.6 Å². The number of piperidine rings is 2. The fraction of sp³-hybridized carbons (Fsp3) is 0.400. The Bertz CT molecular complexity index is 2030. The van der Waals surface area contributed by atoms with Gasteiger partial charge >= 0.3 is 0 Å². The van der Waals surface area contributed by atoms with Crippen LogP contribution in [0.25, 0.3) is 0 Å². The number of amides is 5. The third-order valence-electron chi connectivity index (χ3n) is 11.5. The molecule has 5 aliphatic heterocycles. The lowest BCUT2D eigenvalue weighted by Gasteiger charge is -2.35. The number of imide groups is 2. The molecular formula is C40H40ClN7O5. The first-order valence-electron chi connectivity index (χ1n) is 18.3. The number of hydrogen-bond acceptors (Lipinski definition) is 9. The first-order valence-corrected chi connectivity index (χ1v) is 18.7. The number of nitriles is 1. The summed E-state index contributed by atoms with van der Waals surface area (Å²) < 4.78 is 0. The van der Waals surface area contributed by atoms with Crippen molar-refractivity contribution in [3.63, 3.8) is 0 Å². The molecule has 12 nitrogen and oxygen atoms in total. The van der Waals surface area contributed by atoms with E-state index in [0.29, 0.717) is 52.8 Å². The Hall–Kier alpha value is -5.25. The number of anilines is 2. The molecule has 1 unspecified atom stereocenters. The molecule has 0 saturated carbocycles. The van der Waals surface area contributed by atoms with Crippen molar-refractivity contribution in [2.75, 3.05) is 36.0 Å². The van der Waals surface area contributed by atoms with Crippen LogP contribution in [0.4, 0.5) is 11.4 Å². The van der Waals surface area contributed by atoms with Crippen molar-refractivity contribution in [1.29, 1.82) is 5.26 Å². The van der Waals surface area contributed by atoms with Gasteiger partial charge in [-0.05, 0) is 104 Å². The van der Waals surface area contributed by atoms with Crippen LogP contribution < -0.4 is 20.4 Å². The summed E-state index contributed by atoms with van der Waals surface area (Å²) in [7, 11) is 0. The molecule has 3 aromatic rings. The molecule has 3 saturated heterocycles. The van der Waals surface area contributed by atoms with Crippen molar-refractivity contribution in [2.45, 2.75) is 70.2 Å². The number of carbonyl (C=O) groups is 5. The van der Waals surface area contributed by atoms with Gasteiger partial charge < -0.3 is 15.1 Å². The van der Waals surface area contributed by atoms with E-state index in [4.69, 9.17) is 11.6 Å². The van der Waals surface area contributed by atoms with E-state index in [1.54, 1.807) is 6.07 Å². The number of nitrogens with one attached hydrogen (secondary N) is 2. The number of halogens is 1. The summed E-state index contributed by atoms with van der Waals surface area (Å²) in [5.74, 6) is -1.51. The predicted octanol–water partition coefficient (Wildman–Crippen LogP) is 4.24. The minimum Gasteiger partial charge on any atom is -0.372 e. The average Bonchev–Trinajstić information content (AvgIpc) is 3.79. The van der Waals surface area contributed by atoms with Gasteiger partial charge in [-0.3, -0.25) is 39.1 Å². The minimum absolute atomic E-state index is 0.00441. The predicted molar refractivity (Wildman–Crippen MR) is 197 cm³/mol. The Morgan fingerprint density at radius 2 is 1.58 bits per heavy atom. The highest BCUT2D eigenvalue weighted by Crippen LogP contribution is 2.35. The zero-order chi connectivity index (χ0) is 37.0. The molecule has 0 radical (unpaired) electrons. The highest BCUT2D eigenvalue weighted by molar-refractivity contribution is 6.32. The molecule has 3 fully saturated rings. The number of nitrogens with zero attached hydrogens (tertiary/aromatic N) is 5. The molecular weight excluding hydrogens is 694 g/mol. The van der Waals surface area contributed by atoms with Crippen molar-refractivity contribution in [3.05, 3.63) is 93.0 Å². The number of benzene rings is 3. The zero-order valence-corrected chi connectivity index (χ0v) is 30.2. The summed E-state index contributed by atoms with van der Waals surface area (Å²) >= 11 is 6.27. The third-order valence-corrected chi connectivity index (χ3v) is 11.8. The van der Waals surface area contributed by atoms with Crippen molar-refractivity contribution in [2.24, 2.45) is 5.92 Å². The van der Waals surface area contributed by atoms with E-state index in [0.717, 1.165) is 66.3 Å². The van der Waals surface area contributed by atoms with Gasteiger partial charge in [0.15, 0.2) is 0 Å². The number of hydrogen-bond donors (Lipinski definition) is 2. The van der Waals surface area contributed by atoms with Gasteiger partial charge in [-0.15, -0.1) is 0 Å². The first-order chi connectivity index (χ1) is 25.6. The van der Waals surface area contributed by atoms with E-state index in [9.17, 15) is 29.2 Å². The van der Waals surface area contributed by atoms with Crippen LogP contribution in [0.3, 0.4) is 0 Å².